The van der Waals surface area contributed by atoms with Crippen LogP contribution in [-0.2, 0) is 9.53 Å². The minimum absolute atomic E-state index is 0.238. The molecule has 0 fully saturated rings. The van der Waals surface area contributed by atoms with Gasteiger partial charge in [0.1, 0.15) is 6.04 Å². The summed E-state index contributed by atoms with van der Waals surface area (Å²) in [6, 6.07) is 15.2. The monoisotopic (exact) mass is 458 g/mol. The van der Waals surface area contributed by atoms with Gasteiger partial charge in [0.15, 0.2) is 0 Å². The molecule has 0 radical (unpaired) electrons. The summed E-state index contributed by atoms with van der Waals surface area (Å²) in [6.07, 6.45) is 1.66. The minimum Gasteiger partial charge on any atom is -0.462 e. The first-order chi connectivity index (χ1) is 16.3. The molecule has 8 nitrogen and oxygen atoms in total. The Morgan fingerprint density at radius 2 is 1.79 bits per heavy atom. The van der Waals surface area contributed by atoms with Crippen LogP contribution < -0.4 is 10.9 Å². The lowest BCUT2D eigenvalue weighted by Gasteiger charge is -2.18. The van der Waals surface area contributed by atoms with Gasteiger partial charge in [-0.3, -0.25) is 9.59 Å². The molecule has 2 heterocycles. The highest BCUT2D eigenvalue weighted by Gasteiger charge is 2.24. The van der Waals surface area contributed by atoms with Crippen LogP contribution in [0.5, 0.6) is 0 Å². The quantitative estimate of drug-likeness (QED) is 0.438. The highest BCUT2D eigenvalue weighted by atomic mass is 16.5. The topological polar surface area (TPSA) is 95.2 Å². The highest BCUT2D eigenvalue weighted by Crippen LogP contribution is 2.27. The Balaban J connectivity index is 1.68. The Kier molecular flexibility index (Phi) is 6.32. The van der Waals surface area contributed by atoms with E-state index in [9.17, 15) is 14.4 Å². The van der Waals surface area contributed by atoms with Crippen molar-refractivity contribution in [2.24, 2.45) is 0 Å². The third kappa shape index (κ3) is 4.10. The smallest absolute Gasteiger partial charge is 0.338 e. The summed E-state index contributed by atoms with van der Waals surface area (Å²) in [5.74, 6) is -0.721. The summed E-state index contributed by atoms with van der Waals surface area (Å²) < 4.78 is 8.24. The SMILES string of the molecule is CCOC(=O)c1cccc(NC(=O)[C@H](C)n2c(C)c3cnn(-c4ccccc4)c(=O)c3c2C)c1. The van der Waals surface area contributed by atoms with Crippen LogP contribution in [0.15, 0.2) is 65.6 Å². The summed E-state index contributed by atoms with van der Waals surface area (Å²) in [5.41, 5.74) is 2.75. The summed E-state index contributed by atoms with van der Waals surface area (Å²) in [7, 11) is 0. The Bertz CT molecular complexity index is 1440. The fourth-order valence-electron chi connectivity index (χ4n) is 4.22. The number of amides is 1. The summed E-state index contributed by atoms with van der Waals surface area (Å²) >= 11 is 0. The predicted molar refractivity (Wildman–Crippen MR) is 131 cm³/mol. The van der Waals surface area contributed by atoms with Crippen LogP contribution in [-0.4, -0.2) is 32.8 Å². The van der Waals surface area contributed by atoms with E-state index in [1.807, 2.05) is 48.7 Å². The number of carbonyl (C=O) groups is 2. The number of nitrogens with zero attached hydrogens (tertiary/aromatic N) is 3. The van der Waals surface area contributed by atoms with Crippen molar-refractivity contribution in [3.05, 3.63) is 88.1 Å². The number of hydrogen-bond acceptors (Lipinski definition) is 5. The molecule has 0 spiro atoms. The van der Waals surface area contributed by atoms with E-state index >= 15 is 0 Å². The van der Waals surface area contributed by atoms with E-state index in [4.69, 9.17) is 4.74 Å². The molecular weight excluding hydrogens is 432 g/mol. The van der Waals surface area contributed by atoms with Crippen molar-refractivity contribution in [3.8, 4) is 5.69 Å². The number of hydrogen-bond donors (Lipinski definition) is 1. The van der Waals surface area contributed by atoms with Crippen molar-refractivity contribution in [2.75, 3.05) is 11.9 Å². The summed E-state index contributed by atoms with van der Waals surface area (Å²) in [5, 5.41) is 8.45. The number of aryl methyl sites for hydroxylation is 2. The Hall–Kier alpha value is -4.20. The van der Waals surface area contributed by atoms with Gasteiger partial charge in [-0.2, -0.15) is 9.78 Å². The maximum atomic E-state index is 13.3. The third-order valence-electron chi connectivity index (χ3n) is 5.86. The fraction of sp³-hybridized carbons (Fsp3) is 0.231. The molecule has 174 valence electrons. The molecule has 0 aliphatic carbocycles. The van der Waals surface area contributed by atoms with Gasteiger partial charge in [0.25, 0.3) is 5.56 Å². The van der Waals surface area contributed by atoms with Crippen LogP contribution >= 0.6 is 0 Å². The van der Waals surface area contributed by atoms with E-state index in [1.165, 1.54) is 4.68 Å². The lowest BCUT2D eigenvalue weighted by Crippen LogP contribution is -2.25. The number of nitrogens with one attached hydrogen (secondary N) is 1. The van der Waals surface area contributed by atoms with Gasteiger partial charge >= 0.3 is 5.97 Å². The second-order valence-corrected chi connectivity index (χ2v) is 7.99. The number of para-hydroxylation sites is 1. The molecule has 34 heavy (non-hydrogen) atoms. The van der Waals surface area contributed by atoms with Crippen LogP contribution in [0.1, 0.15) is 41.6 Å². The van der Waals surface area contributed by atoms with Crippen molar-refractivity contribution in [1.29, 1.82) is 0 Å². The number of rotatable bonds is 6. The lowest BCUT2D eigenvalue weighted by atomic mass is 10.2. The number of carbonyl (C=O) groups excluding carboxylic acids is 2. The van der Waals surface area contributed by atoms with Crippen molar-refractivity contribution >= 4 is 28.3 Å². The molecule has 0 saturated carbocycles. The lowest BCUT2D eigenvalue weighted by molar-refractivity contribution is -0.118. The van der Waals surface area contributed by atoms with Crippen LogP contribution in [0.4, 0.5) is 5.69 Å². The molecule has 0 saturated heterocycles. The summed E-state index contributed by atoms with van der Waals surface area (Å²) in [4.78, 5) is 38.4. The molecule has 0 bridgehead atoms. The maximum absolute atomic E-state index is 13.3. The fourth-order valence-corrected chi connectivity index (χ4v) is 4.22. The number of benzene rings is 2. The van der Waals surface area contributed by atoms with Crippen LogP contribution in [0.2, 0.25) is 0 Å². The zero-order valence-corrected chi connectivity index (χ0v) is 19.5. The molecule has 0 unspecified atom stereocenters. The molecule has 1 N–H and O–H groups in total. The Morgan fingerprint density at radius 3 is 2.50 bits per heavy atom. The first kappa shape index (κ1) is 23.0. The van der Waals surface area contributed by atoms with Crippen LogP contribution in [0, 0.1) is 13.8 Å². The molecule has 1 amide bonds. The maximum Gasteiger partial charge on any atom is 0.338 e. The molecule has 4 rings (SSSR count). The largest absolute Gasteiger partial charge is 0.462 e. The molecular formula is C26H26N4O4. The van der Waals surface area contributed by atoms with Gasteiger partial charge < -0.3 is 14.6 Å². The normalized spacial score (nSPS) is 11.9. The van der Waals surface area contributed by atoms with E-state index in [2.05, 4.69) is 10.4 Å². The number of ether oxygens (including phenoxy) is 1. The van der Waals surface area contributed by atoms with Crippen LogP contribution in [0.3, 0.4) is 0 Å². The highest BCUT2D eigenvalue weighted by molar-refractivity contribution is 5.97. The molecule has 8 heteroatoms. The van der Waals surface area contributed by atoms with Gasteiger partial charge in [0.2, 0.25) is 5.91 Å². The molecule has 2 aromatic carbocycles. The average molecular weight is 459 g/mol. The molecule has 1 atom stereocenters. The van der Waals surface area contributed by atoms with E-state index in [-0.39, 0.29) is 18.1 Å². The van der Waals surface area contributed by atoms with Crippen molar-refractivity contribution < 1.29 is 14.3 Å². The van der Waals surface area contributed by atoms with Crippen molar-refractivity contribution in [2.45, 2.75) is 33.7 Å². The molecule has 0 aliphatic heterocycles. The predicted octanol–water partition coefficient (Wildman–Crippen LogP) is 4.18. The molecule has 2 aromatic heterocycles. The first-order valence-corrected chi connectivity index (χ1v) is 11.1. The average Bonchev–Trinajstić information content (AvgIpc) is 3.10. The van der Waals surface area contributed by atoms with Gasteiger partial charge in [-0.25, -0.2) is 4.79 Å². The van der Waals surface area contributed by atoms with Crippen molar-refractivity contribution in [1.82, 2.24) is 14.3 Å². The van der Waals surface area contributed by atoms with Gasteiger partial charge in [-0.15, -0.1) is 0 Å². The van der Waals surface area contributed by atoms with Gasteiger partial charge in [0.05, 0.1) is 29.4 Å². The van der Waals surface area contributed by atoms with E-state index in [0.29, 0.717) is 33.4 Å². The number of aromatic nitrogens is 3. The van der Waals surface area contributed by atoms with Gasteiger partial charge in [0, 0.05) is 22.5 Å². The van der Waals surface area contributed by atoms with E-state index in [0.717, 1.165) is 5.69 Å². The standard InChI is InChI=1S/C26H26N4O4/c1-5-34-26(33)19-10-9-11-20(14-19)28-24(31)18(4)29-16(2)22-15-27-30(21-12-7-6-8-13-21)25(32)23(22)17(29)3/h6-15,18H,5H2,1-4H3,(H,28,31)/t18-/m0/s1. The zero-order chi connectivity index (χ0) is 24.4. The van der Waals surface area contributed by atoms with Gasteiger partial charge in [-0.1, -0.05) is 24.3 Å². The first-order valence-electron chi connectivity index (χ1n) is 11.1. The second kappa shape index (κ2) is 9.35. The van der Waals surface area contributed by atoms with Crippen LogP contribution in [0.25, 0.3) is 16.5 Å². The van der Waals surface area contributed by atoms with E-state index in [1.54, 1.807) is 44.3 Å². The summed E-state index contributed by atoms with van der Waals surface area (Å²) in [6.45, 7) is 7.48. The third-order valence-corrected chi connectivity index (χ3v) is 5.86. The van der Waals surface area contributed by atoms with Crippen molar-refractivity contribution in [3.63, 3.8) is 0 Å². The number of fused-ring (bicyclic) bond motifs is 1. The Labute approximate surface area is 196 Å². The number of esters is 1. The molecule has 0 aliphatic rings. The Morgan fingerprint density at radius 1 is 1.06 bits per heavy atom. The number of anilines is 1. The minimum atomic E-state index is -0.608. The zero-order valence-electron chi connectivity index (χ0n) is 19.5. The second-order valence-electron chi connectivity index (χ2n) is 7.99. The van der Waals surface area contributed by atoms with E-state index < -0.39 is 12.0 Å². The molecule has 4 aromatic rings. The van der Waals surface area contributed by atoms with Gasteiger partial charge in [-0.05, 0) is 58.0 Å².